The number of rotatable bonds is 1. The molecule has 3 fully saturated rings. The Hall–Kier alpha value is -0.570. The third-order valence-corrected chi connectivity index (χ3v) is 5.36. The van der Waals surface area contributed by atoms with Crippen LogP contribution in [0.15, 0.2) is 0 Å². The highest BCUT2D eigenvalue weighted by atomic mass is 16.3. The van der Waals surface area contributed by atoms with Gasteiger partial charge in [0.05, 0.1) is 11.5 Å². The van der Waals surface area contributed by atoms with E-state index >= 15 is 0 Å². The van der Waals surface area contributed by atoms with Crippen molar-refractivity contribution in [3.63, 3.8) is 0 Å². The fraction of sp³-hybridized carbons (Fsp3) is 0.917. The highest BCUT2D eigenvalue weighted by Crippen LogP contribution is 2.79. The van der Waals surface area contributed by atoms with Gasteiger partial charge < -0.3 is 10.4 Å². The van der Waals surface area contributed by atoms with Gasteiger partial charge in [-0.25, -0.2) is 0 Å². The van der Waals surface area contributed by atoms with E-state index < -0.39 is 11.5 Å². The second kappa shape index (κ2) is 2.40. The van der Waals surface area contributed by atoms with Crippen LogP contribution in [-0.4, -0.2) is 24.2 Å². The van der Waals surface area contributed by atoms with Crippen LogP contribution in [0.25, 0.3) is 0 Å². The van der Waals surface area contributed by atoms with Crippen molar-refractivity contribution in [2.24, 2.45) is 28.6 Å². The van der Waals surface area contributed by atoms with Crippen molar-refractivity contribution in [1.29, 1.82) is 0 Å². The predicted molar refractivity (Wildman–Crippen MR) is 56.0 cm³/mol. The van der Waals surface area contributed by atoms with E-state index in [1.165, 1.54) is 0 Å². The molecule has 84 valence electrons. The SMILES string of the molecule is CNC(=O)C12CCC3C(C31)C(C)(C)C2O. The van der Waals surface area contributed by atoms with Gasteiger partial charge in [-0.1, -0.05) is 13.8 Å². The summed E-state index contributed by atoms with van der Waals surface area (Å²) in [5.41, 5.74) is -0.522. The fourth-order valence-electron chi connectivity index (χ4n) is 4.81. The van der Waals surface area contributed by atoms with Crippen molar-refractivity contribution < 1.29 is 9.90 Å². The molecule has 0 heterocycles. The molecule has 3 heteroatoms. The van der Waals surface area contributed by atoms with Gasteiger partial charge in [0.2, 0.25) is 5.91 Å². The molecular weight excluding hydrogens is 190 g/mol. The van der Waals surface area contributed by atoms with E-state index in [4.69, 9.17) is 0 Å². The number of aliphatic hydroxyl groups is 1. The summed E-state index contributed by atoms with van der Waals surface area (Å²) in [7, 11) is 1.68. The average Bonchev–Trinajstić information content (AvgIpc) is 2.80. The van der Waals surface area contributed by atoms with Crippen LogP contribution in [0.3, 0.4) is 0 Å². The van der Waals surface area contributed by atoms with Gasteiger partial charge in [0.1, 0.15) is 0 Å². The normalized spacial score (nSPS) is 53.9. The summed E-state index contributed by atoms with van der Waals surface area (Å²) in [6, 6.07) is 0. The highest BCUT2D eigenvalue weighted by molar-refractivity contribution is 5.85. The average molecular weight is 209 g/mol. The lowest BCUT2D eigenvalue weighted by molar-refractivity contribution is -0.140. The molecule has 3 aliphatic carbocycles. The van der Waals surface area contributed by atoms with Crippen LogP contribution in [0, 0.1) is 28.6 Å². The number of aliphatic hydroxyl groups excluding tert-OH is 1. The Morgan fingerprint density at radius 3 is 2.67 bits per heavy atom. The van der Waals surface area contributed by atoms with Crippen LogP contribution in [0.2, 0.25) is 0 Å². The summed E-state index contributed by atoms with van der Waals surface area (Å²) >= 11 is 0. The topological polar surface area (TPSA) is 49.3 Å². The predicted octanol–water partition coefficient (Wildman–Crippen LogP) is 0.775. The first-order chi connectivity index (χ1) is 6.98. The number of hydrogen-bond acceptors (Lipinski definition) is 2. The summed E-state index contributed by atoms with van der Waals surface area (Å²) in [6.07, 6.45) is 1.55. The van der Waals surface area contributed by atoms with E-state index in [1.54, 1.807) is 7.05 Å². The van der Waals surface area contributed by atoms with Gasteiger partial charge in [0.15, 0.2) is 0 Å². The number of carbonyl (C=O) groups is 1. The van der Waals surface area contributed by atoms with Crippen LogP contribution in [0.5, 0.6) is 0 Å². The van der Waals surface area contributed by atoms with Gasteiger partial charge in [0.25, 0.3) is 0 Å². The van der Waals surface area contributed by atoms with Gasteiger partial charge in [-0.3, -0.25) is 4.79 Å². The number of nitrogens with one attached hydrogen (secondary N) is 1. The lowest BCUT2D eigenvalue weighted by atomic mass is 9.73. The molecule has 5 unspecified atom stereocenters. The molecule has 0 aliphatic heterocycles. The van der Waals surface area contributed by atoms with Crippen molar-refractivity contribution in [1.82, 2.24) is 5.32 Å². The molecule has 0 aromatic carbocycles. The van der Waals surface area contributed by atoms with Crippen LogP contribution in [0.4, 0.5) is 0 Å². The zero-order valence-corrected chi connectivity index (χ0v) is 9.58. The Morgan fingerprint density at radius 1 is 1.40 bits per heavy atom. The smallest absolute Gasteiger partial charge is 0.228 e. The molecule has 5 atom stereocenters. The van der Waals surface area contributed by atoms with Gasteiger partial charge in [-0.2, -0.15) is 0 Å². The molecule has 2 N–H and O–H groups in total. The lowest BCUT2D eigenvalue weighted by Crippen LogP contribution is -2.49. The summed E-state index contributed by atoms with van der Waals surface area (Å²) in [5.74, 6) is 1.82. The molecule has 0 bridgehead atoms. The molecule has 15 heavy (non-hydrogen) atoms. The maximum atomic E-state index is 12.1. The van der Waals surface area contributed by atoms with E-state index in [2.05, 4.69) is 19.2 Å². The first-order valence-corrected chi connectivity index (χ1v) is 5.88. The molecule has 3 saturated carbocycles. The van der Waals surface area contributed by atoms with Crippen LogP contribution in [0.1, 0.15) is 26.7 Å². The Bertz CT molecular complexity index is 339. The van der Waals surface area contributed by atoms with Crippen molar-refractivity contribution in [2.75, 3.05) is 7.05 Å². The molecule has 0 spiro atoms. The van der Waals surface area contributed by atoms with Gasteiger partial charge in [0, 0.05) is 7.05 Å². The second-order valence-corrected chi connectivity index (χ2v) is 6.10. The van der Waals surface area contributed by atoms with E-state index in [-0.39, 0.29) is 11.3 Å². The van der Waals surface area contributed by atoms with E-state index in [0.29, 0.717) is 17.8 Å². The molecular formula is C12H19NO2. The molecule has 0 radical (unpaired) electrons. The summed E-state index contributed by atoms with van der Waals surface area (Å²) in [5, 5.41) is 13.2. The monoisotopic (exact) mass is 209 g/mol. The summed E-state index contributed by atoms with van der Waals surface area (Å²) in [6.45, 7) is 4.23. The Morgan fingerprint density at radius 2 is 2.07 bits per heavy atom. The van der Waals surface area contributed by atoms with Crippen molar-refractivity contribution in [3.8, 4) is 0 Å². The number of amides is 1. The van der Waals surface area contributed by atoms with E-state index in [0.717, 1.165) is 12.8 Å². The molecule has 3 nitrogen and oxygen atoms in total. The van der Waals surface area contributed by atoms with Crippen molar-refractivity contribution in [2.45, 2.75) is 32.8 Å². The Labute approximate surface area is 90.2 Å². The number of fused-ring (bicyclic) bond motifs is 1. The number of hydrogen-bond donors (Lipinski definition) is 2. The van der Waals surface area contributed by atoms with Crippen molar-refractivity contribution in [3.05, 3.63) is 0 Å². The van der Waals surface area contributed by atoms with E-state index in [1.807, 2.05) is 0 Å². The lowest BCUT2D eigenvalue weighted by Gasteiger charge is -2.36. The molecule has 3 aliphatic rings. The summed E-state index contributed by atoms with van der Waals surface area (Å²) < 4.78 is 0. The molecule has 0 saturated heterocycles. The Kier molecular flexibility index (Phi) is 1.54. The zero-order valence-electron chi connectivity index (χ0n) is 9.58. The standard InChI is InChI=1S/C12H19NO2/c1-11(2)7-6-4-5-12(8(6)7,9(11)14)10(15)13-3/h6-9,14H,4-5H2,1-3H3,(H,13,15). The van der Waals surface area contributed by atoms with Crippen molar-refractivity contribution >= 4 is 5.91 Å². The zero-order chi connectivity index (χ0) is 11.0. The minimum atomic E-state index is -0.460. The minimum absolute atomic E-state index is 0.0653. The Balaban J connectivity index is 2.06. The van der Waals surface area contributed by atoms with Crippen LogP contribution < -0.4 is 5.32 Å². The number of carbonyl (C=O) groups excluding carboxylic acids is 1. The van der Waals surface area contributed by atoms with Gasteiger partial charge in [-0.15, -0.1) is 0 Å². The molecule has 0 aromatic rings. The van der Waals surface area contributed by atoms with Crippen LogP contribution >= 0.6 is 0 Å². The highest BCUT2D eigenvalue weighted by Gasteiger charge is 2.81. The third kappa shape index (κ3) is 0.780. The first-order valence-electron chi connectivity index (χ1n) is 5.88. The maximum Gasteiger partial charge on any atom is 0.228 e. The van der Waals surface area contributed by atoms with E-state index in [9.17, 15) is 9.90 Å². The minimum Gasteiger partial charge on any atom is -0.391 e. The quantitative estimate of drug-likeness (QED) is 0.670. The molecule has 1 amide bonds. The maximum absolute atomic E-state index is 12.1. The molecule has 0 aromatic heterocycles. The summed E-state index contributed by atoms with van der Waals surface area (Å²) in [4.78, 5) is 12.1. The van der Waals surface area contributed by atoms with Gasteiger partial charge in [-0.05, 0) is 36.0 Å². The molecule has 3 rings (SSSR count). The largest absolute Gasteiger partial charge is 0.391 e. The first kappa shape index (κ1) is 9.64. The fourth-order valence-corrected chi connectivity index (χ4v) is 4.81. The second-order valence-electron chi connectivity index (χ2n) is 6.10. The van der Waals surface area contributed by atoms with Gasteiger partial charge >= 0.3 is 0 Å². The van der Waals surface area contributed by atoms with Crippen LogP contribution in [-0.2, 0) is 4.79 Å². The third-order valence-electron chi connectivity index (χ3n) is 5.36.